The number of methoxy groups -OCH3 is 1. The Balaban J connectivity index is 2.22. The zero-order chi connectivity index (χ0) is 13.1. The third-order valence-corrected chi connectivity index (χ3v) is 4.78. The number of halogens is 2. The highest BCUT2D eigenvalue weighted by Gasteiger charge is 2.15. The minimum Gasteiger partial charge on any atom is -0.496 e. The molecule has 2 rings (SSSR count). The lowest BCUT2D eigenvalue weighted by Crippen LogP contribution is -2.03. The van der Waals surface area contributed by atoms with Crippen molar-refractivity contribution in [3.05, 3.63) is 49.0 Å². The Bertz CT molecular complexity index is 540. The normalized spacial score (nSPS) is 12.4. The molecule has 0 radical (unpaired) electrons. The highest BCUT2D eigenvalue weighted by atomic mass is 79.9. The van der Waals surface area contributed by atoms with E-state index in [1.165, 1.54) is 0 Å². The van der Waals surface area contributed by atoms with E-state index in [-0.39, 0.29) is 0 Å². The first-order chi connectivity index (χ1) is 8.60. The number of aliphatic hydroxyl groups is 1. The summed E-state index contributed by atoms with van der Waals surface area (Å²) in [6.07, 6.45) is 0.0197. The van der Waals surface area contributed by atoms with Crippen molar-refractivity contribution in [3.8, 4) is 5.75 Å². The monoisotopic (exact) mass is 390 g/mol. The van der Waals surface area contributed by atoms with Gasteiger partial charge in [0.25, 0.3) is 0 Å². The van der Waals surface area contributed by atoms with Gasteiger partial charge in [-0.2, -0.15) is 0 Å². The van der Waals surface area contributed by atoms with Crippen LogP contribution >= 0.6 is 43.2 Å². The SMILES string of the molecule is COc1ccc(Br)cc1C(O)Cc1cc(Br)cs1. The predicted octanol–water partition coefficient (Wildman–Crippen LogP) is 4.56. The predicted molar refractivity (Wildman–Crippen MR) is 81.4 cm³/mol. The fraction of sp³-hybridized carbons (Fsp3) is 0.231. The van der Waals surface area contributed by atoms with Crippen LogP contribution in [0.1, 0.15) is 16.5 Å². The third-order valence-electron chi connectivity index (χ3n) is 2.57. The molecule has 5 heteroatoms. The number of rotatable bonds is 4. The van der Waals surface area contributed by atoms with Crippen molar-refractivity contribution in [2.45, 2.75) is 12.5 Å². The van der Waals surface area contributed by atoms with Crippen LogP contribution in [-0.2, 0) is 6.42 Å². The summed E-state index contributed by atoms with van der Waals surface area (Å²) in [7, 11) is 1.61. The van der Waals surface area contributed by atoms with Gasteiger partial charge in [-0.25, -0.2) is 0 Å². The van der Waals surface area contributed by atoms with Crippen molar-refractivity contribution >= 4 is 43.2 Å². The van der Waals surface area contributed by atoms with Gasteiger partial charge in [0.2, 0.25) is 0 Å². The second kappa shape index (κ2) is 6.19. The van der Waals surface area contributed by atoms with Gasteiger partial charge in [-0.3, -0.25) is 0 Å². The number of benzene rings is 1. The minimum atomic E-state index is -0.567. The molecule has 0 spiro atoms. The number of hydrogen-bond donors (Lipinski definition) is 1. The first kappa shape index (κ1) is 14.1. The Morgan fingerprint density at radius 1 is 1.28 bits per heavy atom. The van der Waals surface area contributed by atoms with Crippen LogP contribution < -0.4 is 4.74 Å². The van der Waals surface area contributed by atoms with Gasteiger partial charge in [0, 0.05) is 31.2 Å². The molecule has 1 unspecified atom stereocenters. The molecule has 1 heterocycles. The quantitative estimate of drug-likeness (QED) is 0.827. The molecule has 2 aromatic rings. The van der Waals surface area contributed by atoms with Gasteiger partial charge in [-0.15, -0.1) is 11.3 Å². The average Bonchev–Trinajstić information content (AvgIpc) is 2.74. The van der Waals surface area contributed by atoms with Gasteiger partial charge in [-0.1, -0.05) is 15.9 Å². The Morgan fingerprint density at radius 2 is 2.06 bits per heavy atom. The van der Waals surface area contributed by atoms with Crippen molar-refractivity contribution in [3.63, 3.8) is 0 Å². The minimum absolute atomic E-state index is 0.567. The maximum Gasteiger partial charge on any atom is 0.124 e. The van der Waals surface area contributed by atoms with Gasteiger partial charge >= 0.3 is 0 Å². The number of thiophene rings is 1. The smallest absolute Gasteiger partial charge is 0.124 e. The lowest BCUT2D eigenvalue weighted by molar-refractivity contribution is 0.175. The van der Waals surface area contributed by atoms with Crippen molar-refractivity contribution < 1.29 is 9.84 Å². The summed E-state index contributed by atoms with van der Waals surface area (Å²) >= 11 is 8.46. The van der Waals surface area contributed by atoms with Crippen molar-refractivity contribution in [2.75, 3.05) is 7.11 Å². The summed E-state index contributed by atoms with van der Waals surface area (Å²) in [5, 5.41) is 12.3. The summed E-state index contributed by atoms with van der Waals surface area (Å²) in [4.78, 5) is 1.14. The second-order valence-electron chi connectivity index (χ2n) is 3.84. The van der Waals surface area contributed by atoms with Crippen LogP contribution in [0, 0.1) is 0 Å². The summed E-state index contributed by atoms with van der Waals surface area (Å²) in [6, 6.07) is 7.67. The van der Waals surface area contributed by atoms with Crippen LogP contribution in [0.15, 0.2) is 38.6 Å². The van der Waals surface area contributed by atoms with Crippen LogP contribution in [0.25, 0.3) is 0 Å². The molecule has 0 saturated heterocycles. The van der Waals surface area contributed by atoms with Crippen LogP contribution in [0.2, 0.25) is 0 Å². The van der Waals surface area contributed by atoms with E-state index >= 15 is 0 Å². The lowest BCUT2D eigenvalue weighted by Gasteiger charge is -2.14. The van der Waals surface area contributed by atoms with E-state index in [0.717, 1.165) is 19.4 Å². The molecule has 1 aromatic heterocycles. The molecule has 0 aliphatic heterocycles. The molecule has 0 aliphatic rings. The number of aliphatic hydroxyl groups excluding tert-OH is 1. The molecule has 1 aromatic carbocycles. The molecule has 2 nitrogen and oxygen atoms in total. The van der Waals surface area contributed by atoms with E-state index in [4.69, 9.17) is 4.74 Å². The molecule has 0 saturated carbocycles. The van der Waals surface area contributed by atoms with E-state index in [0.29, 0.717) is 12.2 Å². The molecule has 18 heavy (non-hydrogen) atoms. The number of hydrogen-bond acceptors (Lipinski definition) is 3. The Kier molecular flexibility index (Phi) is 4.84. The van der Waals surface area contributed by atoms with Gasteiger partial charge in [0.05, 0.1) is 13.2 Å². The Hall–Kier alpha value is -0.360. The Labute approximate surface area is 127 Å². The van der Waals surface area contributed by atoms with Crippen molar-refractivity contribution in [1.29, 1.82) is 0 Å². The van der Waals surface area contributed by atoms with Crippen LogP contribution in [0.4, 0.5) is 0 Å². The van der Waals surface area contributed by atoms with E-state index < -0.39 is 6.10 Å². The fourth-order valence-electron chi connectivity index (χ4n) is 1.73. The third kappa shape index (κ3) is 3.35. The maximum absolute atomic E-state index is 10.3. The van der Waals surface area contributed by atoms with Gasteiger partial charge in [-0.05, 0) is 40.2 Å². The van der Waals surface area contributed by atoms with E-state index in [1.807, 2.05) is 29.6 Å². The molecular weight excluding hydrogens is 380 g/mol. The summed E-state index contributed by atoms with van der Waals surface area (Å²) < 4.78 is 7.26. The molecule has 1 atom stereocenters. The first-order valence-corrected chi connectivity index (χ1v) is 7.81. The van der Waals surface area contributed by atoms with Gasteiger partial charge in [0.15, 0.2) is 0 Å². The molecule has 0 bridgehead atoms. The highest BCUT2D eigenvalue weighted by molar-refractivity contribution is 9.10. The van der Waals surface area contributed by atoms with Gasteiger partial charge < -0.3 is 9.84 Å². The van der Waals surface area contributed by atoms with E-state index in [2.05, 4.69) is 31.9 Å². The maximum atomic E-state index is 10.3. The zero-order valence-electron chi connectivity index (χ0n) is 9.69. The van der Waals surface area contributed by atoms with Gasteiger partial charge in [0.1, 0.15) is 5.75 Å². The first-order valence-electron chi connectivity index (χ1n) is 5.34. The number of ether oxygens (including phenoxy) is 1. The highest BCUT2D eigenvalue weighted by Crippen LogP contribution is 2.32. The molecule has 0 fully saturated rings. The molecular formula is C13H12Br2O2S. The van der Waals surface area contributed by atoms with Crippen LogP contribution in [0.3, 0.4) is 0 Å². The van der Waals surface area contributed by atoms with E-state index in [9.17, 15) is 5.11 Å². The topological polar surface area (TPSA) is 29.5 Å². The molecule has 1 N–H and O–H groups in total. The lowest BCUT2D eigenvalue weighted by atomic mass is 10.0. The van der Waals surface area contributed by atoms with E-state index in [1.54, 1.807) is 18.4 Å². The Morgan fingerprint density at radius 3 is 2.67 bits per heavy atom. The molecule has 0 amide bonds. The van der Waals surface area contributed by atoms with Crippen LogP contribution in [0.5, 0.6) is 5.75 Å². The standard InChI is InChI=1S/C13H12Br2O2S/c1-17-13-3-2-8(14)5-11(13)12(16)6-10-4-9(15)7-18-10/h2-5,7,12,16H,6H2,1H3. The fourth-order valence-corrected chi connectivity index (χ4v) is 3.60. The summed E-state index contributed by atoms with van der Waals surface area (Å²) in [5.41, 5.74) is 0.802. The summed E-state index contributed by atoms with van der Waals surface area (Å²) in [6.45, 7) is 0. The van der Waals surface area contributed by atoms with Crippen molar-refractivity contribution in [2.24, 2.45) is 0 Å². The zero-order valence-corrected chi connectivity index (χ0v) is 13.7. The molecule has 0 aliphatic carbocycles. The van der Waals surface area contributed by atoms with Crippen LogP contribution in [-0.4, -0.2) is 12.2 Å². The largest absolute Gasteiger partial charge is 0.496 e. The second-order valence-corrected chi connectivity index (χ2v) is 6.66. The van der Waals surface area contributed by atoms with Crippen molar-refractivity contribution in [1.82, 2.24) is 0 Å². The summed E-state index contributed by atoms with van der Waals surface area (Å²) in [5.74, 6) is 0.710. The molecule has 96 valence electrons. The average molecular weight is 392 g/mol.